The number of ether oxygens (including phenoxy) is 1. The topological polar surface area (TPSA) is 75.7 Å². The lowest BCUT2D eigenvalue weighted by molar-refractivity contribution is -0.122. The molecule has 0 spiro atoms. The number of amides is 1. The summed E-state index contributed by atoms with van der Waals surface area (Å²) in [5.74, 6) is 0.674. The zero-order valence-corrected chi connectivity index (χ0v) is 20.8. The van der Waals surface area contributed by atoms with Gasteiger partial charge in [-0.1, -0.05) is 35.4 Å². The first-order valence-corrected chi connectivity index (χ1v) is 12.9. The van der Waals surface area contributed by atoms with Crippen LogP contribution in [0, 0.1) is 13.8 Å². The van der Waals surface area contributed by atoms with Gasteiger partial charge in [0.1, 0.15) is 11.4 Å². The predicted octanol–water partition coefficient (Wildman–Crippen LogP) is 4.92. The highest BCUT2D eigenvalue weighted by atomic mass is 35.5. The molecule has 1 aliphatic rings. The fraction of sp³-hybridized carbons (Fsp3) is 0.458. The average Bonchev–Trinajstić information content (AvgIpc) is 2.67. The van der Waals surface area contributed by atoms with Crippen LogP contribution in [0.1, 0.15) is 55.8 Å². The third kappa shape index (κ3) is 5.75. The van der Waals surface area contributed by atoms with Crippen LogP contribution in [-0.2, 0) is 14.8 Å². The Morgan fingerprint density at radius 3 is 2.66 bits per heavy atom. The minimum Gasteiger partial charge on any atom is -0.487 e. The van der Waals surface area contributed by atoms with E-state index in [0.717, 1.165) is 23.1 Å². The molecule has 2 aromatic carbocycles. The van der Waals surface area contributed by atoms with Gasteiger partial charge in [-0.05, 0) is 57.9 Å². The van der Waals surface area contributed by atoms with Crippen molar-refractivity contribution in [1.82, 2.24) is 5.32 Å². The number of nitrogens with one attached hydrogen (secondary N) is 1. The SMILES string of the molecule is Cc1ccc2c(c1)[C@@H](NC(=O)CCCN(c1cccc(Cl)c1C)S(C)(=O)=O)CC(C)(C)O2. The summed E-state index contributed by atoms with van der Waals surface area (Å²) in [5, 5.41) is 3.63. The first-order valence-electron chi connectivity index (χ1n) is 10.7. The van der Waals surface area contributed by atoms with E-state index in [1.807, 2.05) is 39.0 Å². The number of carbonyl (C=O) groups is 1. The Morgan fingerprint density at radius 1 is 1.25 bits per heavy atom. The Balaban J connectivity index is 1.68. The highest BCUT2D eigenvalue weighted by Crippen LogP contribution is 2.40. The van der Waals surface area contributed by atoms with Crippen LogP contribution in [-0.4, -0.2) is 32.7 Å². The van der Waals surface area contributed by atoms with E-state index in [-0.39, 0.29) is 24.9 Å². The molecule has 174 valence electrons. The maximum absolute atomic E-state index is 12.8. The van der Waals surface area contributed by atoms with Gasteiger partial charge in [0.05, 0.1) is 18.0 Å². The molecule has 0 radical (unpaired) electrons. The van der Waals surface area contributed by atoms with Gasteiger partial charge in [0.15, 0.2) is 0 Å². The summed E-state index contributed by atoms with van der Waals surface area (Å²) >= 11 is 6.18. The highest BCUT2D eigenvalue weighted by Gasteiger charge is 2.34. The smallest absolute Gasteiger partial charge is 0.232 e. The van der Waals surface area contributed by atoms with Crippen LogP contribution in [0.5, 0.6) is 5.75 Å². The van der Waals surface area contributed by atoms with Crippen LogP contribution < -0.4 is 14.4 Å². The number of hydrogen-bond acceptors (Lipinski definition) is 4. The number of carbonyl (C=O) groups excluding carboxylic acids is 1. The molecule has 0 bridgehead atoms. The molecule has 1 aliphatic heterocycles. The number of fused-ring (bicyclic) bond motifs is 1. The molecule has 0 unspecified atom stereocenters. The summed E-state index contributed by atoms with van der Waals surface area (Å²) in [4.78, 5) is 12.8. The molecule has 3 rings (SSSR count). The Morgan fingerprint density at radius 2 is 1.97 bits per heavy atom. The van der Waals surface area contributed by atoms with Gasteiger partial charge in [0.2, 0.25) is 15.9 Å². The zero-order chi connectivity index (χ0) is 23.7. The van der Waals surface area contributed by atoms with E-state index in [4.69, 9.17) is 16.3 Å². The molecular formula is C24H31ClN2O4S. The van der Waals surface area contributed by atoms with E-state index >= 15 is 0 Å². The number of rotatable bonds is 7. The van der Waals surface area contributed by atoms with Gasteiger partial charge in [0.25, 0.3) is 0 Å². The van der Waals surface area contributed by atoms with Crippen LogP contribution in [0.2, 0.25) is 5.02 Å². The highest BCUT2D eigenvalue weighted by molar-refractivity contribution is 7.92. The van der Waals surface area contributed by atoms with E-state index in [1.165, 1.54) is 4.31 Å². The lowest BCUT2D eigenvalue weighted by Gasteiger charge is -2.38. The van der Waals surface area contributed by atoms with Crippen LogP contribution in [0.4, 0.5) is 5.69 Å². The number of benzene rings is 2. The Hall–Kier alpha value is -2.25. The first-order chi connectivity index (χ1) is 14.9. The predicted molar refractivity (Wildman–Crippen MR) is 129 cm³/mol. The molecule has 0 aliphatic carbocycles. The Bertz CT molecular complexity index is 1110. The second-order valence-corrected chi connectivity index (χ2v) is 11.4. The van der Waals surface area contributed by atoms with Gasteiger partial charge in [-0.3, -0.25) is 9.10 Å². The van der Waals surface area contributed by atoms with E-state index < -0.39 is 15.6 Å². The van der Waals surface area contributed by atoms with E-state index in [9.17, 15) is 13.2 Å². The van der Waals surface area contributed by atoms with Crippen molar-refractivity contribution >= 4 is 33.2 Å². The van der Waals surface area contributed by atoms with Crippen molar-refractivity contribution in [2.45, 2.75) is 58.6 Å². The molecule has 1 heterocycles. The molecule has 1 N–H and O–H groups in total. The normalized spacial score (nSPS) is 17.2. The Kier molecular flexibility index (Phi) is 7.10. The molecule has 1 atom stereocenters. The lowest BCUT2D eigenvalue weighted by Crippen LogP contribution is -2.41. The van der Waals surface area contributed by atoms with Gasteiger partial charge < -0.3 is 10.1 Å². The summed E-state index contributed by atoms with van der Waals surface area (Å²) in [6.45, 7) is 8.01. The maximum atomic E-state index is 12.8. The summed E-state index contributed by atoms with van der Waals surface area (Å²) in [5.41, 5.74) is 2.92. The number of hydrogen-bond donors (Lipinski definition) is 1. The molecule has 32 heavy (non-hydrogen) atoms. The van der Waals surface area contributed by atoms with Crippen molar-refractivity contribution in [2.24, 2.45) is 0 Å². The van der Waals surface area contributed by atoms with Gasteiger partial charge in [-0.25, -0.2) is 8.42 Å². The number of sulfonamides is 1. The molecular weight excluding hydrogens is 448 g/mol. The molecule has 8 heteroatoms. The minimum atomic E-state index is -3.52. The molecule has 6 nitrogen and oxygen atoms in total. The monoisotopic (exact) mass is 478 g/mol. The van der Waals surface area contributed by atoms with Crippen LogP contribution in [0.15, 0.2) is 36.4 Å². The van der Waals surface area contributed by atoms with Crippen molar-refractivity contribution < 1.29 is 17.9 Å². The fourth-order valence-corrected chi connectivity index (χ4v) is 5.27. The van der Waals surface area contributed by atoms with Crippen molar-refractivity contribution in [3.63, 3.8) is 0 Å². The number of aryl methyl sites for hydroxylation is 1. The fourth-order valence-electron chi connectivity index (χ4n) is 4.08. The average molecular weight is 479 g/mol. The second kappa shape index (κ2) is 9.32. The minimum absolute atomic E-state index is 0.114. The van der Waals surface area contributed by atoms with Crippen molar-refractivity contribution in [2.75, 3.05) is 17.1 Å². The number of halogens is 1. The van der Waals surface area contributed by atoms with Crippen molar-refractivity contribution in [3.8, 4) is 5.75 Å². The van der Waals surface area contributed by atoms with E-state index in [1.54, 1.807) is 25.1 Å². The van der Waals surface area contributed by atoms with Gasteiger partial charge in [-0.2, -0.15) is 0 Å². The van der Waals surface area contributed by atoms with E-state index in [2.05, 4.69) is 5.32 Å². The summed E-state index contributed by atoms with van der Waals surface area (Å²) in [6.07, 6.45) is 2.42. The zero-order valence-electron chi connectivity index (χ0n) is 19.2. The maximum Gasteiger partial charge on any atom is 0.232 e. The van der Waals surface area contributed by atoms with Gasteiger partial charge in [-0.15, -0.1) is 0 Å². The summed E-state index contributed by atoms with van der Waals surface area (Å²) in [6, 6.07) is 11.0. The van der Waals surface area contributed by atoms with Crippen molar-refractivity contribution in [3.05, 3.63) is 58.1 Å². The molecule has 0 fully saturated rings. The molecule has 0 saturated heterocycles. The van der Waals surface area contributed by atoms with Crippen LogP contribution in [0.25, 0.3) is 0 Å². The van der Waals surface area contributed by atoms with Crippen LogP contribution >= 0.6 is 11.6 Å². The molecule has 2 aromatic rings. The second-order valence-electron chi connectivity index (χ2n) is 9.05. The van der Waals surface area contributed by atoms with Crippen molar-refractivity contribution in [1.29, 1.82) is 0 Å². The van der Waals surface area contributed by atoms with Crippen LogP contribution in [0.3, 0.4) is 0 Å². The van der Waals surface area contributed by atoms with E-state index in [0.29, 0.717) is 29.1 Å². The number of anilines is 1. The quantitative estimate of drug-likeness (QED) is 0.612. The summed E-state index contributed by atoms with van der Waals surface area (Å²) < 4.78 is 32.2. The third-order valence-corrected chi connectivity index (χ3v) is 7.22. The first kappa shape index (κ1) is 24.4. The van der Waals surface area contributed by atoms with Gasteiger partial charge >= 0.3 is 0 Å². The van der Waals surface area contributed by atoms with Gasteiger partial charge in [0, 0.05) is 30.0 Å². The standard InChI is InChI=1S/C24H31ClN2O4S/c1-16-11-12-22-18(14-16)20(15-24(3,4)31-22)26-23(28)10-7-13-27(32(5,29)30)21-9-6-8-19(25)17(21)2/h6,8-9,11-12,14,20H,7,10,13,15H2,1-5H3,(H,26,28)/t20-/m0/s1. The third-order valence-electron chi connectivity index (χ3n) is 5.63. The molecule has 0 saturated carbocycles. The summed E-state index contributed by atoms with van der Waals surface area (Å²) in [7, 11) is -3.52. The number of nitrogens with zero attached hydrogens (tertiary/aromatic N) is 1. The lowest BCUT2D eigenvalue weighted by atomic mass is 9.89. The Labute approximate surface area is 196 Å². The molecule has 1 amide bonds. The molecule has 0 aromatic heterocycles. The largest absolute Gasteiger partial charge is 0.487 e.